The van der Waals surface area contributed by atoms with E-state index in [1.807, 2.05) is 0 Å². The maximum atomic E-state index is 9.75. The Morgan fingerprint density at radius 1 is 0.525 bits per heavy atom. The molecule has 0 bridgehead atoms. The second kappa shape index (κ2) is 13.0. The number of methoxy groups -OCH3 is 1. The van der Waals surface area contributed by atoms with Gasteiger partial charge >= 0.3 is 7.25 Å². The van der Waals surface area contributed by atoms with Crippen molar-refractivity contribution in [1.82, 2.24) is 0 Å². The first-order chi connectivity index (χ1) is 19.2. The van der Waals surface area contributed by atoms with Gasteiger partial charge in [0.25, 0.3) is 0 Å². The van der Waals surface area contributed by atoms with Crippen molar-refractivity contribution < 1.29 is 22.0 Å². The normalized spacial score (nSPS) is 12.2. The Morgan fingerprint density at radius 2 is 0.850 bits per heavy atom. The third-order valence-electron chi connectivity index (χ3n) is 6.70. The van der Waals surface area contributed by atoms with Crippen LogP contribution in [-0.4, -0.2) is 14.4 Å². The van der Waals surface area contributed by atoms with Crippen LogP contribution in [0.5, 0.6) is 5.75 Å². The first kappa shape index (κ1) is 29.1. The molecule has 1 nitrogen and oxygen atoms in total. The van der Waals surface area contributed by atoms with Crippen molar-refractivity contribution >= 4 is 30.4 Å². The van der Waals surface area contributed by atoms with Crippen molar-refractivity contribution in [3.05, 3.63) is 156 Å². The fourth-order valence-corrected chi connectivity index (χ4v) is 10.0. The number of aryl methyl sites for hydroxylation is 1. The van der Waals surface area contributed by atoms with Gasteiger partial charge in [-0.2, -0.15) is 0 Å². The van der Waals surface area contributed by atoms with Crippen LogP contribution in [0.3, 0.4) is 0 Å². The van der Waals surface area contributed by atoms with Gasteiger partial charge in [0.05, 0.1) is 7.11 Å². The van der Waals surface area contributed by atoms with Gasteiger partial charge in [0.1, 0.15) is 34.6 Å². The highest BCUT2D eigenvalue weighted by atomic mass is 31.2. The van der Waals surface area contributed by atoms with Gasteiger partial charge in [-0.05, 0) is 66.6 Å². The van der Waals surface area contributed by atoms with Crippen LogP contribution in [-0.2, 0) is 0 Å². The minimum absolute atomic E-state index is 0.140. The lowest BCUT2D eigenvalue weighted by atomic mass is 10.0. The summed E-state index contributed by atoms with van der Waals surface area (Å²) in [6.45, 7) is 2.15. The number of ether oxygens (including phenoxy) is 1. The molecule has 204 valence electrons. The molecule has 40 heavy (non-hydrogen) atoms. The maximum Gasteiger partial charge on any atom is 0.673 e. The van der Waals surface area contributed by atoms with Crippen molar-refractivity contribution in [2.45, 2.75) is 12.6 Å². The lowest BCUT2D eigenvalue weighted by Gasteiger charge is -2.35. The average molecular weight is 560 g/mol. The standard InChI is InChI=1S/C33H30OP.BF4/c1-26-18-20-27(21-19-26)33(28-22-24-29(34-2)25-23-28)35(30-12-6-3-7-13-30,31-14-8-4-9-15-31)32-16-10-5-11-17-32;2-1(3,4)5/h3-25,33H,1-2H3;/q+1;-1. The summed E-state index contributed by atoms with van der Waals surface area (Å²) in [7, 11) is -6.46. The van der Waals surface area contributed by atoms with Crippen LogP contribution in [0.1, 0.15) is 22.3 Å². The molecular weight excluding hydrogens is 530 g/mol. The molecule has 0 N–H and O–H groups in total. The molecule has 0 aromatic heterocycles. The zero-order valence-corrected chi connectivity index (χ0v) is 23.2. The quantitative estimate of drug-likeness (QED) is 0.110. The van der Waals surface area contributed by atoms with E-state index in [-0.39, 0.29) is 5.66 Å². The molecule has 0 fully saturated rings. The summed E-state index contributed by atoms with van der Waals surface area (Å²) in [4.78, 5) is 0. The van der Waals surface area contributed by atoms with E-state index in [0.29, 0.717) is 0 Å². The molecule has 0 aliphatic rings. The highest BCUT2D eigenvalue weighted by Crippen LogP contribution is 2.68. The Kier molecular flexibility index (Phi) is 9.44. The third kappa shape index (κ3) is 6.81. The first-order valence-corrected chi connectivity index (χ1v) is 14.7. The Bertz CT molecular complexity index is 1360. The van der Waals surface area contributed by atoms with Gasteiger partial charge in [0, 0.05) is 0 Å². The summed E-state index contributed by atoms with van der Waals surface area (Å²) in [5.74, 6) is 0.875. The molecule has 0 aliphatic carbocycles. The second-order valence-electron chi connectivity index (χ2n) is 9.31. The zero-order valence-electron chi connectivity index (χ0n) is 22.3. The van der Waals surface area contributed by atoms with Gasteiger partial charge in [-0.3, -0.25) is 0 Å². The molecule has 0 saturated heterocycles. The Balaban J connectivity index is 0.000000681. The molecule has 7 heteroatoms. The van der Waals surface area contributed by atoms with Crippen LogP contribution < -0.4 is 20.7 Å². The number of rotatable bonds is 7. The molecule has 5 aromatic rings. The van der Waals surface area contributed by atoms with Crippen LogP contribution >= 0.6 is 7.26 Å². The summed E-state index contributed by atoms with van der Waals surface area (Å²) in [5.41, 5.74) is 4.02. The van der Waals surface area contributed by atoms with E-state index in [9.17, 15) is 17.3 Å². The summed E-state index contributed by atoms with van der Waals surface area (Å²) in [6.07, 6.45) is 0. The SMILES string of the molecule is COc1ccc(C(c2ccc(C)cc2)[P+](c2ccccc2)(c2ccccc2)c2ccccc2)cc1.F[B-](F)(F)F. The minimum atomic E-state index is -6.00. The van der Waals surface area contributed by atoms with Gasteiger partial charge in [-0.25, -0.2) is 0 Å². The zero-order chi connectivity index (χ0) is 28.6. The summed E-state index contributed by atoms with van der Waals surface area (Å²) in [6, 6.07) is 51.1. The Hall–Kier alpha value is -3.89. The monoisotopic (exact) mass is 560 g/mol. The fourth-order valence-electron chi connectivity index (χ4n) is 5.06. The van der Waals surface area contributed by atoms with Crippen LogP contribution in [0, 0.1) is 6.92 Å². The van der Waals surface area contributed by atoms with E-state index < -0.39 is 14.5 Å². The summed E-state index contributed by atoms with van der Waals surface area (Å²) < 4.78 is 44.5. The number of hydrogen-bond donors (Lipinski definition) is 0. The molecule has 0 radical (unpaired) electrons. The minimum Gasteiger partial charge on any atom is -0.497 e. The molecule has 1 atom stereocenters. The molecule has 0 saturated carbocycles. The molecular formula is C33H30BF4OP. The highest BCUT2D eigenvalue weighted by molar-refractivity contribution is 7.96. The van der Waals surface area contributed by atoms with Gasteiger partial charge in [-0.15, -0.1) is 0 Å². The smallest absolute Gasteiger partial charge is 0.497 e. The van der Waals surface area contributed by atoms with Gasteiger partial charge in [0.2, 0.25) is 0 Å². The molecule has 1 unspecified atom stereocenters. The van der Waals surface area contributed by atoms with Crippen LogP contribution in [0.25, 0.3) is 0 Å². The van der Waals surface area contributed by atoms with Crippen molar-refractivity contribution in [3.8, 4) is 5.75 Å². The van der Waals surface area contributed by atoms with Gasteiger partial charge < -0.3 is 22.0 Å². The molecule has 0 aliphatic heterocycles. The van der Waals surface area contributed by atoms with E-state index in [1.165, 1.54) is 32.6 Å². The molecule has 0 spiro atoms. The Morgan fingerprint density at radius 3 is 1.18 bits per heavy atom. The molecule has 0 amide bonds. The van der Waals surface area contributed by atoms with Crippen LogP contribution in [0.4, 0.5) is 17.3 Å². The van der Waals surface area contributed by atoms with E-state index in [2.05, 4.69) is 146 Å². The number of hydrogen-bond acceptors (Lipinski definition) is 1. The molecule has 0 heterocycles. The summed E-state index contributed by atoms with van der Waals surface area (Å²) >= 11 is 0. The molecule has 5 rings (SSSR count). The van der Waals surface area contributed by atoms with E-state index in [4.69, 9.17) is 4.74 Å². The largest absolute Gasteiger partial charge is 0.673 e. The van der Waals surface area contributed by atoms with E-state index in [1.54, 1.807) is 7.11 Å². The molecule has 5 aromatic carbocycles. The van der Waals surface area contributed by atoms with Crippen LogP contribution in [0.2, 0.25) is 0 Å². The van der Waals surface area contributed by atoms with E-state index in [0.717, 1.165) is 5.75 Å². The maximum absolute atomic E-state index is 9.75. The van der Waals surface area contributed by atoms with Crippen LogP contribution in [0.15, 0.2) is 140 Å². The number of halogens is 4. The lowest BCUT2D eigenvalue weighted by molar-refractivity contribution is 0.368. The van der Waals surface area contributed by atoms with Crippen molar-refractivity contribution in [1.29, 1.82) is 0 Å². The second-order valence-corrected chi connectivity index (χ2v) is 12.8. The number of benzene rings is 5. The van der Waals surface area contributed by atoms with E-state index >= 15 is 0 Å². The van der Waals surface area contributed by atoms with Gasteiger partial charge in [0.15, 0.2) is 0 Å². The summed E-state index contributed by atoms with van der Waals surface area (Å²) in [5, 5.41) is 4.12. The highest BCUT2D eigenvalue weighted by Gasteiger charge is 2.53. The topological polar surface area (TPSA) is 9.23 Å². The Labute approximate surface area is 233 Å². The first-order valence-electron chi connectivity index (χ1n) is 12.9. The van der Waals surface area contributed by atoms with Crippen molar-refractivity contribution in [2.75, 3.05) is 7.11 Å². The third-order valence-corrected chi connectivity index (χ3v) is 11.4. The predicted molar refractivity (Wildman–Crippen MR) is 161 cm³/mol. The lowest BCUT2D eigenvalue weighted by Crippen LogP contribution is -2.35. The van der Waals surface area contributed by atoms with Crippen molar-refractivity contribution in [3.63, 3.8) is 0 Å². The van der Waals surface area contributed by atoms with Gasteiger partial charge in [-0.1, -0.05) is 96.6 Å². The average Bonchev–Trinajstić information content (AvgIpc) is 2.97. The fraction of sp³-hybridized carbons (Fsp3) is 0.0909. The predicted octanol–water partition coefficient (Wildman–Crippen LogP) is 8.39. The van der Waals surface area contributed by atoms with Crippen molar-refractivity contribution in [2.24, 2.45) is 0 Å².